The van der Waals surface area contributed by atoms with Crippen molar-refractivity contribution in [3.8, 4) is 11.4 Å². The predicted octanol–water partition coefficient (Wildman–Crippen LogP) is 2.95. The molecular weight excluding hydrogens is 317 g/mol. The van der Waals surface area contributed by atoms with E-state index in [0.717, 1.165) is 4.57 Å². The molecule has 0 unspecified atom stereocenters. The number of halogens is 5. The Balaban J connectivity index is 2.71. The van der Waals surface area contributed by atoms with Crippen molar-refractivity contribution < 1.29 is 26.7 Å². The van der Waals surface area contributed by atoms with Crippen LogP contribution in [-0.2, 0) is 11.3 Å². The third-order valence-corrected chi connectivity index (χ3v) is 3.02. The van der Waals surface area contributed by atoms with E-state index in [9.17, 15) is 22.0 Å². The molecule has 0 aliphatic heterocycles. The second kappa shape index (κ2) is 5.90. The van der Waals surface area contributed by atoms with Gasteiger partial charge in [-0.3, -0.25) is 9.67 Å². The number of aromatic nitrogens is 3. The summed E-state index contributed by atoms with van der Waals surface area (Å²) in [4.78, 5) is 0. The van der Waals surface area contributed by atoms with E-state index in [1.54, 1.807) is 0 Å². The highest BCUT2D eigenvalue weighted by atomic mass is 32.1. The number of aromatic amines is 1. The van der Waals surface area contributed by atoms with Crippen LogP contribution in [0, 0.1) is 33.9 Å². The fourth-order valence-corrected chi connectivity index (χ4v) is 1.92. The van der Waals surface area contributed by atoms with Crippen molar-refractivity contribution in [2.45, 2.75) is 6.54 Å². The first-order valence-corrected chi connectivity index (χ1v) is 5.96. The first-order valence-electron chi connectivity index (χ1n) is 5.56. The molecule has 0 atom stereocenters. The number of nitrogens with one attached hydrogen (secondary N) is 1. The van der Waals surface area contributed by atoms with Crippen LogP contribution >= 0.6 is 12.2 Å². The van der Waals surface area contributed by atoms with Gasteiger partial charge in [-0.25, -0.2) is 22.0 Å². The summed E-state index contributed by atoms with van der Waals surface area (Å²) in [6.45, 7) is 0.136. The lowest BCUT2D eigenvalue weighted by atomic mass is 10.1. The standard InChI is InChI=1S/C11H8F5N3OS/c1-20-3-2-19-10(17-18-11(19)21)4-5(12)7(14)9(16)8(15)6(4)13/h2-3H2,1H3,(H,18,21). The zero-order chi connectivity index (χ0) is 15.7. The molecule has 0 radical (unpaired) electrons. The van der Waals surface area contributed by atoms with Crippen LogP contribution in [0.25, 0.3) is 11.4 Å². The predicted molar refractivity (Wildman–Crippen MR) is 64.5 cm³/mol. The summed E-state index contributed by atoms with van der Waals surface area (Å²) in [5.41, 5.74) is -1.14. The zero-order valence-corrected chi connectivity index (χ0v) is 11.3. The summed E-state index contributed by atoms with van der Waals surface area (Å²) in [6.07, 6.45) is 0. The maximum atomic E-state index is 13.7. The fraction of sp³-hybridized carbons (Fsp3) is 0.273. The van der Waals surface area contributed by atoms with Gasteiger partial charge >= 0.3 is 0 Å². The van der Waals surface area contributed by atoms with E-state index in [-0.39, 0.29) is 17.9 Å². The molecule has 2 rings (SSSR count). The molecule has 0 amide bonds. The SMILES string of the molecule is COCCn1c(-c2c(F)c(F)c(F)c(F)c2F)n[nH]c1=S. The molecule has 1 N–H and O–H groups in total. The highest BCUT2D eigenvalue weighted by molar-refractivity contribution is 7.71. The third-order valence-electron chi connectivity index (χ3n) is 2.71. The van der Waals surface area contributed by atoms with Gasteiger partial charge in [0, 0.05) is 7.11 Å². The summed E-state index contributed by atoms with van der Waals surface area (Å²) in [5.74, 6) is -10.8. The largest absolute Gasteiger partial charge is 0.383 e. The first-order chi connectivity index (χ1) is 9.90. The van der Waals surface area contributed by atoms with Gasteiger partial charge in [0.1, 0.15) is 0 Å². The molecule has 0 saturated carbocycles. The van der Waals surface area contributed by atoms with Gasteiger partial charge in [-0.1, -0.05) is 0 Å². The fourth-order valence-electron chi connectivity index (χ4n) is 1.70. The summed E-state index contributed by atoms with van der Waals surface area (Å²) in [6, 6.07) is 0. The highest BCUT2D eigenvalue weighted by Gasteiger charge is 2.29. The van der Waals surface area contributed by atoms with E-state index >= 15 is 0 Å². The number of H-pyrrole nitrogens is 1. The van der Waals surface area contributed by atoms with Crippen molar-refractivity contribution in [3.05, 3.63) is 33.9 Å². The van der Waals surface area contributed by atoms with Gasteiger partial charge in [-0.15, -0.1) is 0 Å². The minimum absolute atomic E-state index is 0.0284. The van der Waals surface area contributed by atoms with Crippen molar-refractivity contribution in [1.82, 2.24) is 14.8 Å². The topological polar surface area (TPSA) is 42.8 Å². The average molecular weight is 325 g/mol. The molecule has 0 bridgehead atoms. The van der Waals surface area contributed by atoms with E-state index in [1.165, 1.54) is 7.11 Å². The lowest BCUT2D eigenvalue weighted by Crippen LogP contribution is -2.10. The van der Waals surface area contributed by atoms with Gasteiger partial charge in [0.25, 0.3) is 0 Å². The minimum Gasteiger partial charge on any atom is -0.383 e. The molecule has 1 aromatic carbocycles. The Morgan fingerprint density at radius 1 is 1.05 bits per heavy atom. The molecule has 0 aliphatic rings. The van der Waals surface area contributed by atoms with Crippen LogP contribution in [0.3, 0.4) is 0 Å². The Kier molecular flexibility index (Phi) is 4.37. The van der Waals surface area contributed by atoms with Gasteiger partial charge in [0.15, 0.2) is 33.9 Å². The molecule has 0 fully saturated rings. The number of benzene rings is 1. The molecule has 4 nitrogen and oxygen atoms in total. The summed E-state index contributed by atoms with van der Waals surface area (Å²) in [5, 5.41) is 5.77. The van der Waals surface area contributed by atoms with Crippen molar-refractivity contribution >= 4 is 12.2 Å². The van der Waals surface area contributed by atoms with Crippen LogP contribution in [0.2, 0.25) is 0 Å². The molecule has 10 heteroatoms. The van der Waals surface area contributed by atoms with Gasteiger partial charge in [-0.2, -0.15) is 5.10 Å². The van der Waals surface area contributed by atoms with E-state index in [1.807, 2.05) is 0 Å². The van der Waals surface area contributed by atoms with Crippen LogP contribution < -0.4 is 0 Å². The normalized spacial score (nSPS) is 11.1. The van der Waals surface area contributed by atoms with Crippen molar-refractivity contribution in [3.63, 3.8) is 0 Å². The van der Waals surface area contributed by atoms with E-state index < -0.39 is 40.5 Å². The quantitative estimate of drug-likeness (QED) is 0.407. The molecule has 114 valence electrons. The Bertz CT molecular complexity index is 713. The number of nitrogens with zero attached hydrogens (tertiary/aromatic N) is 2. The Morgan fingerprint density at radius 2 is 1.57 bits per heavy atom. The summed E-state index contributed by atoms with van der Waals surface area (Å²) < 4.78 is 72.8. The molecule has 1 heterocycles. The van der Waals surface area contributed by atoms with E-state index in [2.05, 4.69) is 10.2 Å². The van der Waals surface area contributed by atoms with Crippen LogP contribution in [-0.4, -0.2) is 28.5 Å². The second-order valence-electron chi connectivity index (χ2n) is 3.94. The Hall–Kier alpha value is -1.81. The maximum Gasteiger partial charge on any atom is 0.200 e. The lowest BCUT2D eigenvalue weighted by molar-refractivity contribution is 0.187. The molecular formula is C11H8F5N3OS. The smallest absolute Gasteiger partial charge is 0.200 e. The average Bonchev–Trinajstić information content (AvgIpc) is 2.82. The molecule has 2 aromatic rings. The molecule has 1 aromatic heterocycles. The van der Waals surface area contributed by atoms with Crippen molar-refractivity contribution in [2.75, 3.05) is 13.7 Å². The number of hydrogen-bond donors (Lipinski definition) is 1. The summed E-state index contributed by atoms with van der Waals surface area (Å²) >= 11 is 4.85. The van der Waals surface area contributed by atoms with Crippen molar-refractivity contribution in [1.29, 1.82) is 0 Å². The zero-order valence-electron chi connectivity index (χ0n) is 10.5. The number of rotatable bonds is 4. The summed E-state index contributed by atoms with van der Waals surface area (Å²) in [7, 11) is 1.38. The van der Waals surface area contributed by atoms with Gasteiger partial charge in [0.05, 0.1) is 18.7 Å². The van der Waals surface area contributed by atoms with Crippen LogP contribution in [0.5, 0.6) is 0 Å². The number of hydrogen-bond acceptors (Lipinski definition) is 3. The van der Waals surface area contributed by atoms with Crippen LogP contribution in [0.1, 0.15) is 0 Å². The van der Waals surface area contributed by atoms with Crippen molar-refractivity contribution in [2.24, 2.45) is 0 Å². The Morgan fingerprint density at radius 3 is 2.10 bits per heavy atom. The monoisotopic (exact) mass is 325 g/mol. The molecule has 0 spiro atoms. The van der Waals surface area contributed by atoms with E-state index in [0.29, 0.717) is 0 Å². The maximum absolute atomic E-state index is 13.7. The number of ether oxygens (including phenoxy) is 1. The van der Waals surface area contributed by atoms with Crippen LogP contribution in [0.4, 0.5) is 22.0 Å². The second-order valence-corrected chi connectivity index (χ2v) is 4.33. The molecule has 0 aliphatic carbocycles. The van der Waals surface area contributed by atoms with Gasteiger partial charge in [-0.05, 0) is 12.2 Å². The molecule has 21 heavy (non-hydrogen) atoms. The Labute approximate surface area is 120 Å². The third kappa shape index (κ3) is 2.56. The van der Waals surface area contributed by atoms with Crippen LogP contribution in [0.15, 0.2) is 0 Å². The highest BCUT2D eigenvalue weighted by Crippen LogP contribution is 2.30. The van der Waals surface area contributed by atoms with Gasteiger partial charge in [0.2, 0.25) is 5.82 Å². The lowest BCUT2D eigenvalue weighted by Gasteiger charge is -2.09. The molecule has 0 saturated heterocycles. The van der Waals surface area contributed by atoms with Gasteiger partial charge < -0.3 is 4.74 Å². The van der Waals surface area contributed by atoms with E-state index in [4.69, 9.17) is 17.0 Å². The first kappa shape index (κ1) is 15.6. The number of methoxy groups -OCH3 is 1. The minimum atomic E-state index is -2.23.